The van der Waals surface area contributed by atoms with Crippen LogP contribution in [0.15, 0.2) is 77.2 Å². The van der Waals surface area contributed by atoms with E-state index in [-0.39, 0.29) is 0 Å². The molecule has 0 spiro atoms. The van der Waals surface area contributed by atoms with E-state index in [0.717, 1.165) is 33.6 Å². The van der Waals surface area contributed by atoms with Gasteiger partial charge < -0.3 is 16.0 Å². The number of aromatic nitrogens is 2. The van der Waals surface area contributed by atoms with Gasteiger partial charge in [0.25, 0.3) is 0 Å². The second kappa shape index (κ2) is 8.77. The zero-order valence-electron chi connectivity index (χ0n) is 15.7. The van der Waals surface area contributed by atoms with Crippen LogP contribution in [0.25, 0.3) is 0 Å². The predicted octanol–water partition coefficient (Wildman–Crippen LogP) is 4.93. The predicted molar refractivity (Wildman–Crippen MR) is 114 cm³/mol. The van der Waals surface area contributed by atoms with Crippen molar-refractivity contribution in [2.24, 2.45) is 5.92 Å². The molecule has 0 aliphatic heterocycles. The van der Waals surface area contributed by atoms with Crippen LogP contribution in [0.4, 0.5) is 11.5 Å². The van der Waals surface area contributed by atoms with Crippen LogP contribution in [-0.2, 0) is 0 Å². The SMILES string of the molecule is C=C/C=C(\NC)Nc1cc(C)nc(Sc2ccc(NC(=C)C3CC3)cc2)n1. The molecule has 0 unspecified atom stereocenters. The van der Waals surface area contributed by atoms with Crippen molar-refractivity contribution in [2.75, 3.05) is 17.7 Å². The van der Waals surface area contributed by atoms with Crippen molar-refractivity contribution in [2.45, 2.75) is 29.8 Å². The summed E-state index contributed by atoms with van der Waals surface area (Å²) < 4.78 is 0. The van der Waals surface area contributed by atoms with Crippen molar-refractivity contribution >= 4 is 23.3 Å². The summed E-state index contributed by atoms with van der Waals surface area (Å²) >= 11 is 1.54. The van der Waals surface area contributed by atoms with Gasteiger partial charge in [-0.3, -0.25) is 0 Å². The van der Waals surface area contributed by atoms with Crippen LogP contribution in [-0.4, -0.2) is 17.0 Å². The number of nitrogens with one attached hydrogen (secondary N) is 3. The molecule has 3 N–H and O–H groups in total. The second-order valence-corrected chi connectivity index (χ2v) is 7.46. The fourth-order valence-corrected chi connectivity index (χ4v) is 3.34. The number of benzene rings is 1. The lowest BCUT2D eigenvalue weighted by Crippen LogP contribution is -2.15. The summed E-state index contributed by atoms with van der Waals surface area (Å²) in [7, 11) is 1.85. The third kappa shape index (κ3) is 5.62. The highest BCUT2D eigenvalue weighted by Gasteiger charge is 2.24. The number of nitrogens with zero attached hydrogens (tertiary/aromatic N) is 2. The first kappa shape index (κ1) is 19.0. The van der Waals surface area contributed by atoms with Gasteiger partial charge in [-0.2, -0.15) is 0 Å². The Bertz CT molecular complexity index is 853. The minimum Gasteiger partial charge on any atom is -0.375 e. The summed E-state index contributed by atoms with van der Waals surface area (Å²) in [5.74, 6) is 2.21. The van der Waals surface area contributed by atoms with Gasteiger partial charge in [0.05, 0.1) is 0 Å². The lowest BCUT2D eigenvalue weighted by molar-refractivity contribution is 0.919. The van der Waals surface area contributed by atoms with Crippen molar-refractivity contribution in [3.8, 4) is 0 Å². The van der Waals surface area contributed by atoms with Crippen LogP contribution in [0.1, 0.15) is 18.5 Å². The average Bonchev–Trinajstić information content (AvgIpc) is 3.48. The summed E-state index contributed by atoms with van der Waals surface area (Å²) in [5, 5.41) is 10.4. The monoisotopic (exact) mass is 379 g/mol. The van der Waals surface area contributed by atoms with E-state index in [0.29, 0.717) is 11.1 Å². The minimum absolute atomic E-state index is 0.642. The zero-order chi connectivity index (χ0) is 19.2. The van der Waals surface area contributed by atoms with Crippen LogP contribution >= 0.6 is 11.8 Å². The molecule has 1 heterocycles. The Hall–Kier alpha value is -2.73. The second-order valence-electron chi connectivity index (χ2n) is 6.42. The number of aryl methyl sites for hydroxylation is 1. The summed E-state index contributed by atoms with van der Waals surface area (Å²) in [6.45, 7) is 9.78. The van der Waals surface area contributed by atoms with Crippen molar-refractivity contribution in [3.63, 3.8) is 0 Å². The third-order valence-electron chi connectivity index (χ3n) is 4.09. The normalized spacial score (nSPS) is 13.8. The molecule has 2 aromatic rings. The Morgan fingerprint density at radius 1 is 1.19 bits per heavy atom. The van der Waals surface area contributed by atoms with Crippen molar-refractivity contribution in [1.29, 1.82) is 0 Å². The third-order valence-corrected chi connectivity index (χ3v) is 4.96. The molecule has 0 amide bonds. The van der Waals surface area contributed by atoms with Crippen LogP contribution in [0.3, 0.4) is 0 Å². The molecule has 1 fully saturated rings. The van der Waals surface area contributed by atoms with Gasteiger partial charge in [0.2, 0.25) is 0 Å². The van der Waals surface area contributed by atoms with E-state index in [4.69, 9.17) is 0 Å². The Kier molecular flexibility index (Phi) is 6.19. The molecule has 1 aromatic heterocycles. The first-order valence-corrected chi connectivity index (χ1v) is 9.76. The molecular formula is C21H25N5S. The molecule has 1 aliphatic carbocycles. The van der Waals surface area contributed by atoms with Crippen LogP contribution in [0, 0.1) is 12.8 Å². The Morgan fingerprint density at radius 3 is 2.56 bits per heavy atom. The molecule has 27 heavy (non-hydrogen) atoms. The smallest absolute Gasteiger partial charge is 0.194 e. The van der Waals surface area contributed by atoms with Crippen LogP contribution in [0.5, 0.6) is 0 Å². The molecule has 1 aromatic carbocycles. The number of hydrogen-bond acceptors (Lipinski definition) is 6. The molecule has 140 valence electrons. The Labute approximate surface area is 165 Å². The van der Waals surface area contributed by atoms with Gasteiger partial charge in [-0.05, 0) is 67.8 Å². The van der Waals surface area contributed by atoms with Gasteiger partial charge in [0.1, 0.15) is 11.6 Å². The molecule has 6 heteroatoms. The summed E-state index contributed by atoms with van der Waals surface area (Å²) in [4.78, 5) is 10.2. The van der Waals surface area contributed by atoms with Gasteiger partial charge in [0, 0.05) is 35.1 Å². The first-order valence-electron chi connectivity index (χ1n) is 8.94. The topological polar surface area (TPSA) is 61.9 Å². The summed E-state index contributed by atoms with van der Waals surface area (Å²) in [6, 6.07) is 10.2. The highest BCUT2D eigenvalue weighted by atomic mass is 32.2. The van der Waals surface area contributed by atoms with Gasteiger partial charge in [-0.15, -0.1) is 0 Å². The highest BCUT2D eigenvalue weighted by Crippen LogP contribution is 2.36. The maximum atomic E-state index is 4.60. The molecule has 1 aliphatic rings. The number of anilines is 2. The van der Waals surface area contributed by atoms with Crippen LogP contribution < -0.4 is 16.0 Å². The quantitative estimate of drug-likeness (QED) is 0.424. The first-order chi connectivity index (χ1) is 13.1. The van der Waals surface area contributed by atoms with E-state index in [1.165, 1.54) is 24.6 Å². The van der Waals surface area contributed by atoms with Gasteiger partial charge >= 0.3 is 0 Å². The van der Waals surface area contributed by atoms with Crippen LogP contribution in [0.2, 0.25) is 0 Å². The number of rotatable bonds is 9. The van der Waals surface area contributed by atoms with Gasteiger partial charge in [-0.25, -0.2) is 9.97 Å². The van der Waals surface area contributed by atoms with E-state index in [2.05, 4.69) is 63.3 Å². The molecule has 3 rings (SSSR count). The largest absolute Gasteiger partial charge is 0.375 e. The van der Waals surface area contributed by atoms with Crippen molar-refractivity contribution < 1.29 is 0 Å². The fraction of sp³-hybridized carbons (Fsp3) is 0.238. The highest BCUT2D eigenvalue weighted by molar-refractivity contribution is 7.99. The molecule has 0 bridgehead atoms. The molecular weight excluding hydrogens is 354 g/mol. The standard InChI is InChI=1S/C21H25N5S/c1-5-6-19(22-4)25-20-13-14(2)23-21(26-20)27-18-11-9-17(10-12-18)24-15(3)16-7-8-16/h5-6,9-13,16,22,24H,1,3,7-8H2,2,4H3,(H,23,25,26)/b19-6+. The molecule has 1 saturated carbocycles. The number of hydrogen-bond donors (Lipinski definition) is 3. The van der Waals surface area contributed by atoms with Crippen molar-refractivity contribution in [1.82, 2.24) is 15.3 Å². The average molecular weight is 380 g/mol. The summed E-state index contributed by atoms with van der Waals surface area (Å²) in [6.07, 6.45) is 6.07. The van der Waals surface area contributed by atoms with E-state index >= 15 is 0 Å². The molecule has 0 radical (unpaired) electrons. The minimum atomic E-state index is 0.642. The van der Waals surface area contributed by atoms with E-state index in [1.807, 2.05) is 26.1 Å². The molecule has 5 nitrogen and oxygen atoms in total. The Balaban J connectivity index is 1.68. The van der Waals surface area contributed by atoms with E-state index in [9.17, 15) is 0 Å². The maximum absolute atomic E-state index is 4.60. The van der Waals surface area contributed by atoms with Crippen molar-refractivity contribution in [3.05, 3.63) is 72.9 Å². The molecule has 0 saturated heterocycles. The lowest BCUT2D eigenvalue weighted by atomic mass is 10.2. The van der Waals surface area contributed by atoms with Gasteiger partial charge in [0.15, 0.2) is 5.16 Å². The van der Waals surface area contributed by atoms with E-state index < -0.39 is 0 Å². The molecule has 0 atom stereocenters. The zero-order valence-corrected chi connectivity index (χ0v) is 16.6. The lowest BCUT2D eigenvalue weighted by Gasteiger charge is -2.11. The van der Waals surface area contributed by atoms with Gasteiger partial charge in [-0.1, -0.05) is 19.2 Å². The number of allylic oxidation sites excluding steroid dienone is 3. The fourth-order valence-electron chi connectivity index (χ4n) is 2.53. The van der Waals surface area contributed by atoms with E-state index in [1.54, 1.807) is 6.08 Å². The maximum Gasteiger partial charge on any atom is 0.194 e. The summed E-state index contributed by atoms with van der Waals surface area (Å²) in [5.41, 5.74) is 3.08. The Morgan fingerprint density at radius 2 is 1.93 bits per heavy atom.